The van der Waals surface area contributed by atoms with Gasteiger partial charge in [0.15, 0.2) is 0 Å². The maximum atomic E-state index is 2.46. The standard InChI is InChI=1S/C52H32/c1-3-14-33(15-4-1)47-32-46(35-28-26-34(27-29-35)45-30-37-18-7-9-20-39(37)41-22-11-12-23-42(41)45)49(36-16-5-2-6-17-36)52-48-31-38-19-8-10-21-40(38)43-24-13-25-44(50(43)48)51(47)52/h1-32H. The van der Waals surface area contributed by atoms with Crippen LogP contribution < -0.4 is 0 Å². The van der Waals surface area contributed by atoms with Crippen molar-refractivity contribution in [1.29, 1.82) is 0 Å². The molecule has 240 valence electrons. The van der Waals surface area contributed by atoms with Crippen LogP contribution in [-0.4, -0.2) is 0 Å². The largest absolute Gasteiger partial charge is 0.0622 e. The van der Waals surface area contributed by atoms with Crippen LogP contribution in [0.25, 0.3) is 110 Å². The minimum Gasteiger partial charge on any atom is -0.0622 e. The summed E-state index contributed by atoms with van der Waals surface area (Å²) in [5, 5.41) is 10.4. The molecule has 1 aliphatic rings. The number of benzene rings is 10. The van der Waals surface area contributed by atoms with Gasteiger partial charge in [-0.15, -0.1) is 0 Å². The smallest absolute Gasteiger partial charge is 0.000741 e. The molecule has 0 saturated heterocycles. The third kappa shape index (κ3) is 4.28. The lowest BCUT2D eigenvalue weighted by molar-refractivity contribution is 1.56. The molecule has 0 saturated carbocycles. The Kier molecular flexibility index (Phi) is 6.35. The first-order valence-electron chi connectivity index (χ1n) is 18.1. The Balaban J connectivity index is 1.21. The fourth-order valence-corrected chi connectivity index (χ4v) is 8.90. The van der Waals surface area contributed by atoms with Gasteiger partial charge in [0, 0.05) is 0 Å². The average molecular weight is 657 g/mol. The van der Waals surface area contributed by atoms with Crippen molar-refractivity contribution in [1.82, 2.24) is 0 Å². The summed E-state index contributed by atoms with van der Waals surface area (Å²) in [5.41, 5.74) is 15.2. The molecule has 0 aromatic heterocycles. The molecule has 52 heavy (non-hydrogen) atoms. The molecule has 10 aromatic rings. The SMILES string of the molecule is c1ccc(-c2cc(-c3ccc(-c4cc5ccccc5c5ccccc45)cc3)c(-c3ccccc3)c3c2-c2cccc4c2c-3cc2ccccc24)cc1. The molecule has 0 radical (unpaired) electrons. The van der Waals surface area contributed by atoms with Gasteiger partial charge in [-0.25, -0.2) is 0 Å². The fraction of sp³-hybridized carbons (Fsp3) is 0. The molecule has 11 rings (SSSR count). The molecule has 0 spiro atoms. The number of hydrogen-bond acceptors (Lipinski definition) is 0. The van der Waals surface area contributed by atoms with Crippen LogP contribution >= 0.6 is 0 Å². The molecule has 10 aromatic carbocycles. The summed E-state index contributed by atoms with van der Waals surface area (Å²) in [6.45, 7) is 0. The highest BCUT2D eigenvalue weighted by Crippen LogP contribution is 2.58. The van der Waals surface area contributed by atoms with E-state index in [-0.39, 0.29) is 0 Å². The molecule has 0 aliphatic heterocycles. The van der Waals surface area contributed by atoms with Crippen molar-refractivity contribution in [2.24, 2.45) is 0 Å². The van der Waals surface area contributed by atoms with Crippen LogP contribution in [0.15, 0.2) is 194 Å². The Morgan fingerprint density at radius 2 is 0.692 bits per heavy atom. The van der Waals surface area contributed by atoms with Crippen LogP contribution in [-0.2, 0) is 0 Å². The molecule has 0 N–H and O–H groups in total. The van der Waals surface area contributed by atoms with Crippen molar-refractivity contribution < 1.29 is 0 Å². The lowest BCUT2D eigenvalue weighted by Gasteiger charge is -2.21. The second-order valence-electron chi connectivity index (χ2n) is 14.0. The van der Waals surface area contributed by atoms with Crippen LogP contribution in [0.5, 0.6) is 0 Å². The first-order valence-corrected chi connectivity index (χ1v) is 18.1. The van der Waals surface area contributed by atoms with E-state index >= 15 is 0 Å². The van der Waals surface area contributed by atoms with Crippen molar-refractivity contribution in [2.75, 3.05) is 0 Å². The molecule has 0 bridgehead atoms. The second kappa shape index (κ2) is 11.4. The summed E-state index contributed by atoms with van der Waals surface area (Å²) >= 11 is 0. The Bertz CT molecular complexity index is 3020. The summed E-state index contributed by atoms with van der Waals surface area (Å²) < 4.78 is 0. The van der Waals surface area contributed by atoms with Gasteiger partial charge in [0.25, 0.3) is 0 Å². The number of fused-ring (bicyclic) bond motifs is 8. The van der Waals surface area contributed by atoms with E-state index in [0.29, 0.717) is 0 Å². The highest BCUT2D eigenvalue weighted by atomic mass is 14.3. The highest BCUT2D eigenvalue weighted by Gasteiger charge is 2.31. The van der Waals surface area contributed by atoms with Gasteiger partial charge in [-0.2, -0.15) is 0 Å². The van der Waals surface area contributed by atoms with E-state index in [0.717, 1.165) is 0 Å². The quantitative estimate of drug-likeness (QED) is 0.165. The third-order valence-corrected chi connectivity index (χ3v) is 11.2. The van der Waals surface area contributed by atoms with Gasteiger partial charge < -0.3 is 0 Å². The predicted octanol–water partition coefficient (Wildman–Crippen LogP) is 14.6. The zero-order chi connectivity index (χ0) is 34.2. The molecule has 0 atom stereocenters. The van der Waals surface area contributed by atoms with Crippen LogP contribution in [0, 0.1) is 0 Å². The van der Waals surface area contributed by atoms with Crippen molar-refractivity contribution in [2.45, 2.75) is 0 Å². The van der Waals surface area contributed by atoms with Gasteiger partial charge in [-0.3, -0.25) is 0 Å². The topological polar surface area (TPSA) is 0 Å². The minimum atomic E-state index is 1.21. The Hall–Kier alpha value is -6.76. The molecule has 0 unspecified atom stereocenters. The normalized spacial score (nSPS) is 11.8. The number of hydrogen-bond donors (Lipinski definition) is 0. The van der Waals surface area contributed by atoms with E-state index in [1.165, 1.54) is 110 Å². The van der Waals surface area contributed by atoms with Crippen molar-refractivity contribution in [3.8, 4) is 66.8 Å². The van der Waals surface area contributed by atoms with E-state index in [9.17, 15) is 0 Å². The molecule has 0 fully saturated rings. The lowest BCUT2D eigenvalue weighted by Crippen LogP contribution is -1.94. The summed E-state index contributed by atoms with van der Waals surface area (Å²) in [6.07, 6.45) is 0. The van der Waals surface area contributed by atoms with Crippen LogP contribution in [0.3, 0.4) is 0 Å². The zero-order valence-corrected chi connectivity index (χ0v) is 28.5. The van der Waals surface area contributed by atoms with Crippen LogP contribution in [0.1, 0.15) is 0 Å². The van der Waals surface area contributed by atoms with Gasteiger partial charge in [0.1, 0.15) is 0 Å². The molecule has 0 nitrogen and oxygen atoms in total. The first kappa shape index (κ1) is 29.0. The molecule has 0 heterocycles. The van der Waals surface area contributed by atoms with Gasteiger partial charge in [0.05, 0.1) is 0 Å². The van der Waals surface area contributed by atoms with Crippen molar-refractivity contribution in [3.63, 3.8) is 0 Å². The second-order valence-corrected chi connectivity index (χ2v) is 14.0. The van der Waals surface area contributed by atoms with E-state index in [1.807, 2.05) is 0 Å². The van der Waals surface area contributed by atoms with E-state index in [2.05, 4.69) is 194 Å². The van der Waals surface area contributed by atoms with Crippen molar-refractivity contribution in [3.05, 3.63) is 194 Å². The first-order chi connectivity index (χ1) is 25.8. The third-order valence-electron chi connectivity index (χ3n) is 11.2. The zero-order valence-electron chi connectivity index (χ0n) is 28.5. The predicted molar refractivity (Wildman–Crippen MR) is 223 cm³/mol. The Morgan fingerprint density at radius 3 is 1.38 bits per heavy atom. The van der Waals surface area contributed by atoms with Crippen LogP contribution in [0.2, 0.25) is 0 Å². The van der Waals surface area contributed by atoms with Gasteiger partial charge in [-0.1, -0.05) is 176 Å². The summed E-state index contributed by atoms with van der Waals surface area (Å²) in [5.74, 6) is 0. The maximum Gasteiger partial charge on any atom is -0.000741 e. The van der Waals surface area contributed by atoms with Gasteiger partial charge in [0.2, 0.25) is 0 Å². The maximum absolute atomic E-state index is 2.46. The monoisotopic (exact) mass is 656 g/mol. The number of rotatable bonds is 4. The van der Waals surface area contributed by atoms with E-state index in [1.54, 1.807) is 0 Å². The fourth-order valence-electron chi connectivity index (χ4n) is 8.90. The molecular formula is C52H32. The lowest BCUT2D eigenvalue weighted by atomic mass is 9.82. The Morgan fingerprint density at radius 1 is 0.212 bits per heavy atom. The molecule has 0 heteroatoms. The van der Waals surface area contributed by atoms with Crippen molar-refractivity contribution >= 4 is 43.1 Å². The minimum absolute atomic E-state index is 1.21. The van der Waals surface area contributed by atoms with Gasteiger partial charge in [-0.05, 0) is 128 Å². The Labute approximate surface area is 302 Å². The average Bonchev–Trinajstić information content (AvgIpc) is 3.55. The summed E-state index contributed by atoms with van der Waals surface area (Å²) in [4.78, 5) is 0. The summed E-state index contributed by atoms with van der Waals surface area (Å²) in [6, 6.07) is 71.8. The van der Waals surface area contributed by atoms with Crippen LogP contribution in [0.4, 0.5) is 0 Å². The highest BCUT2D eigenvalue weighted by molar-refractivity contribution is 6.28. The molecular weight excluding hydrogens is 625 g/mol. The van der Waals surface area contributed by atoms with E-state index < -0.39 is 0 Å². The molecule has 1 aliphatic carbocycles. The van der Waals surface area contributed by atoms with Gasteiger partial charge >= 0.3 is 0 Å². The van der Waals surface area contributed by atoms with E-state index in [4.69, 9.17) is 0 Å². The summed E-state index contributed by atoms with van der Waals surface area (Å²) in [7, 11) is 0. The molecule has 0 amide bonds.